The lowest BCUT2D eigenvalue weighted by Crippen LogP contribution is -2.36. The van der Waals surface area contributed by atoms with Gasteiger partial charge in [-0.2, -0.15) is 14.5 Å². The van der Waals surface area contributed by atoms with E-state index in [1.807, 2.05) is 29.3 Å². The fraction of sp³-hybridized carbons (Fsp3) is 0.237. The van der Waals surface area contributed by atoms with Crippen molar-refractivity contribution in [2.24, 2.45) is 11.8 Å². The Hall–Kier alpha value is -5.95. The molecule has 3 aromatic carbocycles. The van der Waals surface area contributed by atoms with Gasteiger partial charge in [-0.3, -0.25) is 9.48 Å². The minimum atomic E-state index is -1.02. The molecule has 262 valence electrons. The van der Waals surface area contributed by atoms with Crippen LogP contribution < -0.4 is 4.73 Å². The van der Waals surface area contributed by atoms with Crippen LogP contribution in [-0.2, 0) is 4.79 Å². The number of tetrazole rings is 1. The van der Waals surface area contributed by atoms with E-state index in [0.29, 0.717) is 48.0 Å². The molecule has 1 saturated heterocycles. The Morgan fingerprint density at radius 2 is 1.81 bits per heavy atom. The number of aromatic carboxylic acids is 1. The smallest absolute Gasteiger partial charge is 0.335 e. The summed E-state index contributed by atoms with van der Waals surface area (Å²) in [6.45, 7) is 1.40. The average Bonchev–Trinajstić information content (AvgIpc) is 3.61. The van der Waals surface area contributed by atoms with Crippen LogP contribution in [0.1, 0.15) is 52.8 Å². The number of rotatable bonds is 10. The van der Waals surface area contributed by atoms with Crippen molar-refractivity contribution < 1.29 is 23.8 Å². The van der Waals surface area contributed by atoms with Crippen LogP contribution >= 0.6 is 11.6 Å². The summed E-state index contributed by atoms with van der Waals surface area (Å²) in [7, 11) is 0. The minimum absolute atomic E-state index is 0.0206. The minimum Gasteiger partial charge on any atom is -0.618 e. The van der Waals surface area contributed by atoms with Gasteiger partial charge in [0.2, 0.25) is 11.6 Å². The quantitative estimate of drug-likeness (QED) is 0.135. The highest BCUT2D eigenvalue weighted by Gasteiger charge is 2.48. The van der Waals surface area contributed by atoms with Crippen LogP contribution in [-0.4, -0.2) is 65.0 Å². The van der Waals surface area contributed by atoms with Crippen LogP contribution in [0, 0.1) is 22.9 Å². The summed E-state index contributed by atoms with van der Waals surface area (Å²) in [6, 6.07) is 22.4. The number of benzene rings is 3. The van der Waals surface area contributed by atoms with Gasteiger partial charge >= 0.3 is 5.97 Å². The third-order valence-corrected chi connectivity index (χ3v) is 10.5. The predicted molar refractivity (Wildman–Crippen MR) is 188 cm³/mol. The summed E-state index contributed by atoms with van der Waals surface area (Å²) in [5.41, 5.74) is 3.88. The molecule has 1 saturated carbocycles. The summed E-state index contributed by atoms with van der Waals surface area (Å²) in [5, 5.41) is 39.0. The molecule has 1 aliphatic carbocycles. The van der Waals surface area contributed by atoms with Gasteiger partial charge in [0.25, 0.3) is 0 Å². The number of aromatic nitrogens is 7. The van der Waals surface area contributed by atoms with Gasteiger partial charge in [-0.1, -0.05) is 54.1 Å². The van der Waals surface area contributed by atoms with Crippen molar-refractivity contribution in [2.45, 2.75) is 31.2 Å². The maximum Gasteiger partial charge on any atom is 0.335 e. The SMILES string of the molecule is O=C(O)c1ccc(-c2cnn(C(CC3C[C@@H]3C(=O)N3CCC(c4ccccc4)C3)c3ccc(-c4c(-n5cnnn5)ccc(Cl)c4F)c[n+]3[O-])c2)cc1. The van der Waals surface area contributed by atoms with Gasteiger partial charge in [0.1, 0.15) is 12.4 Å². The lowest BCUT2D eigenvalue weighted by Gasteiger charge is -2.20. The number of likely N-dealkylation sites (tertiary alicyclic amines) is 1. The van der Waals surface area contributed by atoms with Crippen molar-refractivity contribution in [3.05, 3.63) is 137 Å². The zero-order valence-electron chi connectivity index (χ0n) is 27.7. The van der Waals surface area contributed by atoms with E-state index in [4.69, 9.17) is 11.6 Å². The van der Waals surface area contributed by atoms with E-state index >= 15 is 4.39 Å². The first-order valence-corrected chi connectivity index (χ1v) is 17.3. The number of amides is 1. The predicted octanol–water partition coefficient (Wildman–Crippen LogP) is 5.95. The molecule has 3 unspecified atom stereocenters. The second-order valence-corrected chi connectivity index (χ2v) is 13.7. The molecule has 6 aromatic rings. The van der Waals surface area contributed by atoms with Crippen molar-refractivity contribution in [2.75, 3.05) is 13.1 Å². The Kier molecular flexibility index (Phi) is 8.71. The zero-order valence-corrected chi connectivity index (χ0v) is 28.4. The van der Waals surface area contributed by atoms with E-state index in [-0.39, 0.29) is 39.5 Å². The van der Waals surface area contributed by atoms with Crippen LogP contribution in [0.4, 0.5) is 4.39 Å². The number of carbonyl (C=O) groups is 2. The lowest BCUT2D eigenvalue weighted by molar-refractivity contribution is -0.615. The first-order valence-electron chi connectivity index (χ1n) is 16.9. The van der Waals surface area contributed by atoms with Crippen LogP contribution in [0.15, 0.2) is 104 Å². The van der Waals surface area contributed by atoms with Crippen molar-refractivity contribution in [3.8, 4) is 27.9 Å². The Morgan fingerprint density at radius 1 is 1.02 bits per heavy atom. The van der Waals surface area contributed by atoms with Gasteiger partial charge in [-0.25, -0.2) is 9.18 Å². The maximum absolute atomic E-state index is 15.6. The van der Waals surface area contributed by atoms with E-state index in [2.05, 4.69) is 32.8 Å². The molecule has 12 nitrogen and oxygen atoms in total. The standard InChI is InChI=1S/C38H32ClFN8O4/c39-31-11-13-33(47-22-41-43-44-47)35(36(31)40)27-10-12-32(48(52)21-27)34(46-20-29(18-42-46)24-6-8-25(9-7-24)38(50)51)17-28-16-30(28)37(49)45-15-14-26(19-45)23-4-2-1-3-5-23/h1-13,18,20-22,26,28,30,34H,14-17,19H2,(H,50,51)/t26?,28?,30-,34?/m0/s1. The zero-order chi connectivity index (χ0) is 35.9. The van der Waals surface area contributed by atoms with E-state index in [9.17, 15) is 19.9 Å². The van der Waals surface area contributed by atoms with Gasteiger partial charge < -0.3 is 15.2 Å². The molecule has 4 heterocycles. The highest BCUT2D eigenvalue weighted by atomic mass is 35.5. The first kappa shape index (κ1) is 33.2. The average molecular weight is 719 g/mol. The molecule has 1 N–H and O–H groups in total. The molecule has 3 aromatic heterocycles. The largest absolute Gasteiger partial charge is 0.618 e. The Balaban J connectivity index is 1.09. The molecule has 1 amide bonds. The molecule has 0 spiro atoms. The van der Waals surface area contributed by atoms with E-state index in [1.165, 1.54) is 41.0 Å². The number of halogens is 2. The Morgan fingerprint density at radius 3 is 2.54 bits per heavy atom. The highest BCUT2D eigenvalue weighted by molar-refractivity contribution is 6.31. The number of hydrogen-bond acceptors (Lipinski definition) is 7. The second-order valence-electron chi connectivity index (χ2n) is 13.3. The molecule has 1 aliphatic heterocycles. The fourth-order valence-corrected chi connectivity index (χ4v) is 7.45. The maximum atomic E-state index is 15.6. The highest BCUT2D eigenvalue weighted by Crippen LogP contribution is 2.47. The van der Waals surface area contributed by atoms with Crippen LogP contribution in [0.2, 0.25) is 5.02 Å². The molecular formula is C38H32ClFN8O4. The van der Waals surface area contributed by atoms with Crippen LogP contribution in [0.25, 0.3) is 27.9 Å². The lowest BCUT2D eigenvalue weighted by atomic mass is 9.99. The number of hydrogen-bond donors (Lipinski definition) is 1. The van der Waals surface area contributed by atoms with Gasteiger partial charge in [-0.05, 0) is 77.1 Å². The first-order chi connectivity index (χ1) is 25.2. The molecule has 4 atom stereocenters. The second kappa shape index (κ2) is 13.6. The van der Waals surface area contributed by atoms with Gasteiger partial charge in [-0.15, -0.1) is 5.10 Å². The van der Waals surface area contributed by atoms with Gasteiger partial charge in [0.05, 0.1) is 33.6 Å². The topological polar surface area (TPSA) is 146 Å². The molecular weight excluding hydrogens is 687 g/mol. The van der Waals surface area contributed by atoms with Crippen molar-refractivity contribution in [1.29, 1.82) is 0 Å². The molecule has 2 aliphatic rings. The van der Waals surface area contributed by atoms with E-state index in [0.717, 1.165) is 17.5 Å². The van der Waals surface area contributed by atoms with Crippen molar-refractivity contribution in [3.63, 3.8) is 0 Å². The number of carbonyl (C=O) groups excluding carboxylic acids is 1. The summed E-state index contributed by atoms with van der Waals surface area (Å²) >= 11 is 6.17. The van der Waals surface area contributed by atoms with Gasteiger partial charge in [0.15, 0.2) is 12.0 Å². The number of pyridine rings is 1. The molecule has 14 heteroatoms. The van der Waals surface area contributed by atoms with Crippen LogP contribution in [0.5, 0.6) is 0 Å². The number of carboxylic acids is 1. The summed E-state index contributed by atoms with van der Waals surface area (Å²) in [4.78, 5) is 27.1. The molecule has 2 fully saturated rings. The molecule has 8 rings (SSSR count). The van der Waals surface area contributed by atoms with Crippen LogP contribution in [0.3, 0.4) is 0 Å². The summed E-state index contributed by atoms with van der Waals surface area (Å²) < 4.78 is 19.3. The van der Waals surface area contributed by atoms with E-state index < -0.39 is 17.8 Å². The third kappa shape index (κ3) is 6.39. The van der Waals surface area contributed by atoms with Crippen molar-refractivity contribution >= 4 is 23.5 Å². The Bertz CT molecular complexity index is 2270. The number of carboxylic acid groups (broad SMARTS) is 1. The number of nitrogens with zero attached hydrogens (tertiary/aromatic N) is 8. The monoisotopic (exact) mass is 718 g/mol. The third-order valence-electron chi connectivity index (χ3n) is 10.2. The summed E-state index contributed by atoms with van der Waals surface area (Å²) in [5.74, 6) is -1.43. The Labute approximate surface area is 302 Å². The molecule has 52 heavy (non-hydrogen) atoms. The van der Waals surface area contributed by atoms with Crippen molar-refractivity contribution in [1.82, 2.24) is 34.9 Å². The molecule has 0 bridgehead atoms. The normalized spacial score (nSPS) is 18.7. The summed E-state index contributed by atoms with van der Waals surface area (Å²) in [6.07, 6.45) is 8.18. The van der Waals surface area contributed by atoms with Gasteiger partial charge in [0, 0.05) is 42.8 Å². The fourth-order valence-electron chi connectivity index (χ4n) is 7.29. The molecule has 0 radical (unpaired) electrons. The van der Waals surface area contributed by atoms with E-state index in [1.54, 1.807) is 41.2 Å².